The van der Waals surface area contributed by atoms with Crippen molar-refractivity contribution in [1.29, 1.82) is 0 Å². The summed E-state index contributed by atoms with van der Waals surface area (Å²) in [6, 6.07) is 8.16. The van der Waals surface area contributed by atoms with Crippen molar-refractivity contribution in [1.82, 2.24) is 10.2 Å². The average molecular weight is 473 g/mol. The lowest BCUT2D eigenvalue weighted by Gasteiger charge is -2.19. The predicted molar refractivity (Wildman–Crippen MR) is 115 cm³/mol. The predicted octanol–water partition coefficient (Wildman–Crippen LogP) is 2.97. The maximum absolute atomic E-state index is 13.8. The van der Waals surface area contributed by atoms with Crippen molar-refractivity contribution in [3.05, 3.63) is 68.4 Å². The lowest BCUT2D eigenvalue weighted by molar-refractivity contribution is -0.385. The summed E-state index contributed by atoms with van der Waals surface area (Å²) in [7, 11) is 0. The maximum Gasteiger partial charge on any atom is 0.293 e. The molecule has 2 aromatic rings. The highest BCUT2D eigenvalue weighted by Crippen LogP contribution is 2.36. The van der Waals surface area contributed by atoms with Crippen molar-refractivity contribution < 1.29 is 33.2 Å². The first-order chi connectivity index (χ1) is 15.8. The number of ether oxygens (including phenoxy) is 2. The molecule has 1 fully saturated rings. The lowest BCUT2D eigenvalue weighted by atomic mass is 10.1. The van der Waals surface area contributed by atoms with Gasteiger partial charge in [-0.25, -0.2) is 4.39 Å². The number of carbonyl (C=O) groups is 3. The molecule has 1 N–H and O–H groups in total. The maximum atomic E-state index is 13.8. The van der Waals surface area contributed by atoms with Crippen LogP contribution in [0, 0.1) is 15.9 Å². The molecule has 12 heteroatoms. The fourth-order valence-corrected chi connectivity index (χ4v) is 4.07. The molecule has 0 spiro atoms. The normalized spacial score (nSPS) is 16.3. The number of benzene rings is 2. The van der Waals surface area contributed by atoms with Crippen LogP contribution in [-0.4, -0.2) is 53.2 Å². The zero-order chi connectivity index (χ0) is 23.5. The van der Waals surface area contributed by atoms with Gasteiger partial charge in [-0.15, -0.1) is 0 Å². The van der Waals surface area contributed by atoms with Gasteiger partial charge in [0.1, 0.15) is 24.6 Å². The molecule has 2 aliphatic rings. The van der Waals surface area contributed by atoms with Crippen LogP contribution in [0.1, 0.15) is 15.9 Å². The number of nitrogens with one attached hydrogen (secondary N) is 1. The number of hydrogen-bond acceptors (Lipinski definition) is 8. The highest BCUT2D eigenvalue weighted by Gasteiger charge is 2.35. The van der Waals surface area contributed by atoms with Crippen molar-refractivity contribution in [3.63, 3.8) is 0 Å². The van der Waals surface area contributed by atoms with E-state index in [-0.39, 0.29) is 53.8 Å². The number of nitro groups is 1. The first-order valence-corrected chi connectivity index (χ1v) is 10.5. The summed E-state index contributed by atoms with van der Waals surface area (Å²) >= 11 is 0.662. The zero-order valence-corrected chi connectivity index (χ0v) is 17.7. The second-order valence-corrected chi connectivity index (χ2v) is 7.87. The minimum absolute atomic E-state index is 0.0545. The fraction of sp³-hybridized carbons (Fsp3) is 0.190. The largest absolute Gasteiger partial charge is 0.486 e. The molecule has 10 nitrogen and oxygen atoms in total. The van der Waals surface area contributed by atoms with E-state index >= 15 is 0 Å². The van der Waals surface area contributed by atoms with E-state index in [0.29, 0.717) is 11.8 Å². The molecule has 33 heavy (non-hydrogen) atoms. The highest BCUT2D eigenvalue weighted by molar-refractivity contribution is 8.18. The SMILES string of the molecule is O=C(NCCN1C(=O)S/C(=C\c2ccccc2F)C1=O)c1cc2c(cc1[N+](=O)[O-])OCCO2. The van der Waals surface area contributed by atoms with E-state index < -0.39 is 33.5 Å². The molecule has 0 bridgehead atoms. The summed E-state index contributed by atoms with van der Waals surface area (Å²) in [5.74, 6) is -1.54. The third kappa shape index (κ3) is 4.65. The third-order valence-corrected chi connectivity index (χ3v) is 5.70. The number of carbonyl (C=O) groups excluding carboxylic acids is 3. The molecule has 0 unspecified atom stereocenters. The average Bonchev–Trinajstić information content (AvgIpc) is 3.06. The van der Waals surface area contributed by atoms with Gasteiger partial charge in [0.15, 0.2) is 11.5 Å². The van der Waals surface area contributed by atoms with E-state index in [4.69, 9.17) is 9.47 Å². The first-order valence-electron chi connectivity index (χ1n) is 9.71. The Bertz CT molecular complexity index is 1200. The van der Waals surface area contributed by atoms with Crippen molar-refractivity contribution in [3.8, 4) is 11.5 Å². The fourth-order valence-electron chi connectivity index (χ4n) is 3.21. The van der Waals surface area contributed by atoms with Gasteiger partial charge in [0.05, 0.1) is 15.9 Å². The van der Waals surface area contributed by atoms with Crippen LogP contribution in [0.4, 0.5) is 14.9 Å². The van der Waals surface area contributed by atoms with Gasteiger partial charge >= 0.3 is 0 Å². The molecular weight excluding hydrogens is 457 g/mol. The van der Waals surface area contributed by atoms with Crippen LogP contribution in [0.15, 0.2) is 41.3 Å². The van der Waals surface area contributed by atoms with E-state index in [1.54, 1.807) is 6.07 Å². The third-order valence-electron chi connectivity index (χ3n) is 4.79. The monoisotopic (exact) mass is 473 g/mol. The van der Waals surface area contributed by atoms with Gasteiger partial charge in [0, 0.05) is 24.7 Å². The van der Waals surface area contributed by atoms with Crippen LogP contribution in [0.25, 0.3) is 6.08 Å². The minimum atomic E-state index is -0.771. The van der Waals surface area contributed by atoms with E-state index in [1.165, 1.54) is 30.3 Å². The Labute approximate surface area is 190 Å². The highest BCUT2D eigenvalue weighted by atomic mass is 32.2. The Balaban J connectivity index is 1.43. The number of halogens is 1. The number of fused-ring (bicyclic) bond motifs is 1. The van der Waals surface area contributed by atoms with Gasteiger partial charge in [-0.1, -0.05) is 18.2 Å². The molecule has 4 rings (SSSR count). The summed E-state index contributed by atoms with van der Waals surface area (Å²) in [6.45, 7) is 0.170. The van der Waals surface area contributed by atoms with Crippen LogP contribution in [0.2, 0.25) is 0 Å². The summed E-state index contributed by atoms with van der Waals surface area (Å²) < 4.78 is 24.5. The molecule has 1 saturated heterocycles. The lowest BCUT2D eigenvalue weighted by Crippen LogP contribution is -2.37. The number of nitrogens with zero attached hydrogens (tertiary/aromatic N) is 2. The number of rotatable bonds is 6. The Morgan fingerprint density at radius 3 is 2.61 bits per heavy atom. The molecular formula is C21H16FN3O7S. The van der Waals surface area contributed by atoms with Gasteiger partial charge in [-0.05, 0) is 23.9 Å². The van der Waals surface area contributed by atoms with Crippen LogP contribution in [0.5, 0.6) is 11.5 Å². The molecule has 0 atom stereocenters. The van der Waals surface area contributed by atoms with Gasteiger partial charge in [0.2, 0.25) is 0 Å². The number of thioether (sulfide) groups is 1. The smallest absolute Gasteiger partial charge is 0.293 e. The zero-order valence-electron chi connectivity index (χ0n) is 16.9. The van der Waals surface area contributed by atoms with Crippen LogP contribution in [0.3, 0.4) is 0 Å². The molecule has 0 saturated carbocycles. The molecule has 0 radical (unpaired) electrons. The Hall–Kier alpha value is -3.93. The Kier molecular flexibility index (Phi) is 6.27. The quantitative estimate of drug-likeness (QED) is 0.385. The molecule has 0 aromatic heterocycles. The molecule has 2 aromatic carbocycles. The van der Waals surface area contributed by atoms with Crippen LogP contribution >= 0.6 is 11.8 Å². The molecule has 2 aliphatic heterocycles. The van der Waals surface area contributed by atoms with E-state index in [9.17, 15) is 28.9 Å². The molecule has 2 heterocycles. The molecule has 3 amide bonds. The van der Waals surface area contributed by atoms with Crippen molar-refractivity contribution in [2.45, 2.75) is 0 Å². The number of hydrogen-bond donors (Lipinski definition) is 1. The Morgan fingerprint density at radius 2 is 1.91 bits per heavy atom. The first kappa shape index (κ1) is 22.3. The number of imide groups is 1. The minimum Gasteiger partial charge on any atom is -0.486 e. The van der Waals surface area contributed by atoms with Crippen molar-refractivity contribution in [2.75, 3.05) is 26.3 Å². The summed E-state index contributed by atoms with van der Waals surface area (Å²) in [6.07, 6.45) is 1.29. The van der Waals surface area contributed by atoms with Gasteiger partial charge in [0.25, 0.3) is 22.7 Å². The summed E-state index contributed by atoms with van der Waals surface area (Å²) in [5, 5.41) is 13.3. The second kappa shape index (κ2) is 9.28. The van der Waals surface area contributed by atoms with Crippen LogP contribution in [-0.2, 0) is 4.79 Å². The summed E-state index contributed by atoms with van der Waals surface area (Å²) in [5.41, 5.74) is -0.532. The van der Waals surface area contributed by atoms with Gasteiger partial charge in [-0.2, -0.15) is 0 Å². The standard InChI is InChI=1S/C21H16FN3O7S/c22-14-4-2-1-3-12(14)9-18-20(27)24(21(28)33-18)6-5-23-19(26)13-10-16-17(32-8-7-31-16)11-15(13)25(29)30/h1-4,9-11H,5-8H2,(H,23,26)/b18-9-. The second-order valence-electron chi connectivity index (χ2n) is 6.88. The molecule has 0 aliphatic carbocycles. The molecule has 170 valence electrons. The van der Waals surface area contributed by atoms with E-state index in [1.807, 2.05) is 0 Å². The number of nitro benzene ring substituents is 1. The summed E-state index contributed by atoms with van der Waals surface area (Å²) in [4.78, 5) is 49.0. The van der Waals surface area contributed by atoms with Crippen molar-refractivity contribution in [2.24, 2.45) is 0 Å². The van der Waals surface area contributed by atoms with Gasteiger partial charge < -0.3 is 14.8 Å². The van der Waals surface area contributed by atoms with E-state index in [0.717, 1.165) is 11.0 Å². The van der Waals surface area contributed by atoms with Crippen LogP contribution < -0.4 is 14.8 Å². The van der Waals surface area contributed by atoms with Gasteiger partial charge in [-0.3, -0.25) is 29.4 Å². The van der Waals surface area contributed by atoms with Crippen molar-refractivity contribution >= 4 is 40.6 Å². The topological polar surface area (TPSA) is 128 Å². The Morgan fingerprint density at radius 1 is 1.21 bits per heavy atom. The van der Waals surface area contributed by atoms with E-state index in [2.05, 4.69) is 5.32 Å². The number of amides is 3.